The van der Waals surface area contributed by atoms with Gasteiger partial charge in [0.1, 0.15) is 5.69 Å². The molecule has 124 valence electrons. The molecule has 0 unspecified atom stereocenters. The van der Waals surface area contributed by atoms with E-state index in [4.69, 9.17) is 4.74 Å². The van der Waals surface area contributed by atoms with Gasteiger partial charge in [0, 0.05) is 37.9 Å². The van der Waals surface area contributed by atoms with E-state index in [2.05, 4.69) is 15.4 Å². The lowest BCUT2D eigenvalue weighted by atomic mass is 10.2. The van der Waals surface area contributed by atoms with E-state index in [1.165, 1.54) is 12.1 Å². The molecule has 2 heterocycles. The molecule has 2 aromatic heterocycles. The van der Waals surface area contributed by atoms with Crippen molar-refractivity contribution in [3.8, 4) is 0 Å². The van der Waals surface area contributed by atoms with Crippen LogP contribution < -0.4 is 5.32 Å². The lowest BCUT2D eigenvalue weighted by Crippen LogP contribution is -2.25. The van der Waals surface area contributed by atoms with E-state index in [1.54, 1.807) is 7.11 Å². The highest BCUT2D eigenvalue weighted by atomic mass is 19.3. The number of hydrogen-bond donors (Lipinski definition) is 1. The van der Waals surface area contributed by atoms with Crippen LogP contribution in [0.25, 0.3) is 5.65 Å². The van der Waals surface area contributed by atoms with Crippen LogP contribution in [0.5, 0.6) is 0 Å². The molecule has 1 saturated carbocycles. The standard InChI is InChI=1S/C15H18F2N4O2/c1-23-6-2-5-18-15(22)11-8-13-19-10(9-3-4-9)7-12(14(16)17)21(13)20-11/h7-9,14H,2-6H2,1H3,(H,18,22). The molecule has 3 rings (SSSR count). The molecule has 2 aromatic rings. The molecular weight excluding hydrogens is 306 g/mol. The van der Waals surface area contributed by atoms with Crippen molar-refractivity contribution in [1.82, 2.24) is 19.9 Å². The zero-order chi connectivity index (χ0) is 16.4. The number of amides is 1. The van der Waals surface area contributed by atoms with Crippen molar-refractivity contribution in [2.45, 2.75) is 31.6 Å². The summed E-state index contributed by atoms with van der Waals surface area (Å²) in [5, 5.41) is 6.67. The first-order chi connectivity index (χ1) is 11.1. The van der Waals surface area contributed by atoms with Crippen molar-refractivity contribution in [2.75, 3.05) is 20.3 Å². The highest BCUT2D eigenvalue weighted by molar-refractivity contribution is 5.93. The largest absolute Gasteiger partial charge is 0.385 e. The van der Waals surface area contributed by atoms with Gasteiger partial charge in [-0.15, -0.1) is 0 Å². The number of ether oxygens (including phenoxy) is 1. The fraction of sp³-hybridized carbons (Fsp3) is 0.533. The second kappa shape index (κ2) is 6.57. The van der Waals surface area contributed by atoms with Crippen molar-refractivity contribution in [2.24, 2.45) is 0 Å². The Morgan fingerprint density at radius 2 is 2.26 bits per heavy atom. The molecule has 1 aliphatic carbocycles. The molecule has 1 aliphatic rings. The van der Waals surface area contributed by atoms with Crippen LogP contribution in [-0.4, -0.2) is 40.8 Å². The second-order valence-corrected chi connectivity index (χ2v) is 5.58. The number of carbonyl (C=O) groups excluding carboxylic acids is 1. The van der Waals surface area contributed by atoms with E-state index >= 15 is 0 Å². The molecule has 0 spiro atoms. The zero-order valence-electron chi connectivity index (χ0n) is 12.8. The predicted molar refractivity (Wildman–Crippen MR) is 78.7 cm³/mol. The fourth-order valence-corrected chi connectivity index (χ4v) is 2.38. The molecule has 0 saturated heterocycles. The van der Waals surface area contributed by atoms with Crippen LogP contribution in [0.4, 0.5) is 8.78 Å². The number of methoxy groups -OCH3 is 1. The highest BCUT2D eigenvalue weighted by Gasteiger charge is 2.28. The first-order valence-corrected chi connectivity index (χ1v) is 7.56. The average Bonchev–Trinajstić information content (AvgIpc) is 3.29. The maximum absolute atomic E-state index is 13.3. The summed E-state index contributed by atoms with van der Waals surface area (Å²) in [6.45, 7) is 0.969. The summed E-state index contributed by atoms with van der Waals surface area (Å²) < 4.78 is 32.5. The average molecular weight is 324 g/mol. The van der Waals surface area contributed by atoms with Crippen molar-refractivity contribution in [3.05, 3.63) is 29.2 Å². The monoisotopic (exact) mass is 324 g/mol. The lowest BCUT2D eigenvalue weighted by Gasteiger charge is -2.06. The smallest absolute Gasteiger partial charge is 0.280 e. The Hall–Kier alpha value is -2.09. The molecule has 0 atom stereocenters. The minimum atomic E-state index is -2.67. The van der Waals surface area contributed by atoms with E-state index in [0.29, 0.717) is 25.3 Å². The van der Waals surface area contributed by atoms with Crippen molar-refractivity contribution in [3.63, 3.8) is 0 Å². The molecular formula is C15H18F2N4O2. The summed E-state index contributed by atoms with van der Waals surface area (Å²) >= 11 is 0. The van der Waals surface area contributed by atoms with Gasteiger partial charge < -0.3 is 10.1 Å². The van der Waals surface area contributed by atoms with E-state index in [0.717, 1.165) is 17.4 Å². The lowest BCUT2D eigenvalue weighted by molar-refractivity contribution is 0.0942. The molecule has 8 heteroatoms. The van der Waals surface area contributed by atoms with Gasteiger partial charge in [-0.25, -0.2) is 18.3 Å². The number of hydrogen-bond acceptors (Lipinski definition) is 4. The fourth-order valence-electron chi connectivity index (χ4n) is 2.38. The van der Waals surface area contributed by atoms with Crippen LogP contribution in [0.15, 0.2) is 12.1 Å². The van der Waals surface area contributed by atoms with Gasteiger partial charge in [-0.05, 0) is 25.3 Å². The Kier molecular flexibility index (Phi) is 4.51. The SMILES string of the molecule is COCCCNC(=O)c1cc2nc(C3CC3)cc(C(F)F)n2n1. The van der Waals surface area contributed by atoms with Crippen LogP contribution in [0.1, 0.15) is 53.5 Å². The zero-order valence-corrected chi connectivity index (χ0v) is 12.8. The van der Waals surface area contributed by atoms with Gasteiger partial charge in [0.05, 0.1) is 0 Å². The number of halogens is 2. The van der Waals surface area contributed by atoms with E-state index in [1.807, 2.05) is 0 Å². The summed E-state index contributed by atoms with van der Waals surface area (Å²) in [6.07, 6.45) is -0.0720. The van der Waals surface area contributed by atoms with Gasteiger partial charge >= 0.3 is 0 Å². The number of nitrogens with one attached hydrogen (secondary N) is 1. The van der Waals surface area contributed by atoms with Crippen molar-refractivity contribution >= 4 is 11.6 Å². The van der Waals surface area contributed by atoms with Gasteiger partial charge in [0.25, 0.3) is 12.3 Å². The van der Waals surface area contributed by atoms with Crippen LogP contribution in [0.3, 0.4) is 0 Å². The molecule has 23 heavy (non-hydrogen) atoms. The molecule has 0 aliphatic heterocycles. The molecule has 0 aromatic carbocycles. The van der Waals surface area contributed by atoms with E-state index in [9.17, 15) is 13.6 Å². The van der Waals surface area contributed by atoms with Crippen molar-refractivity contribution in [1.29, 1.82) is 0 Å². The minimum Gasteiger partial charge on any atom is -0.385 e. The third kappa shape index (κ3) is 3.47. The summed E-state index contributed by atoms with van der Waals surface area (Å²) in [5.74, 6) is -0.154. The summed E-state index contributed by atoms with van der Waals surface area (Å²) in [4.78, 5) is 16.4. The predicted octanol–water partition coefficient (Wildman–Crippen LogP) is 2.31. The number of alkyl halides is 2. The van der Waals surface area contributed by atoms with Crippen LogP contribution in [-0.2, 0) is 4.74 Å². The molecule has 6 nitrogen and oxygen atoms in total. The first kappa shape index (κ1) is 15.8. The maximum atomic E-state index is 13.3. The number of aromatic nitrogens is 3. The Balaban J connectivity index is 1.85. The Labute approximate surface area is 131 Å². The van der Waals surface area contributed by atoms with Gasteiger partial charge in [0.15, 0.2) is 11.3 Å². The number of nitrogens with zero attached hydrogens (tertiary/aromatic N) is 3. The third-order valence-electron chi connectivity index (χ3n) is 3.74. The first-order valence-electron chi connectivity index (χ1n) is 7.56. The Morgan fingerprint density at radius 3 is 2.91 bits per heavy atom. The molecule has 0 radical (unpaired) electrons. The number of carbonyl (C=O) groups is 1. The quantitative estimate of drug-likeness (QED) is 0.794. The van der Waals surface area contributed by atoms with Gasteiger partial charge in [-0.1, -0.05) is 0 Å². The minimum absolute atomic E-state index is 0.0877. The molecule has 1 N–H and O–H groups in total. The normalized spacial score (nSPS) is 14.6. The van der Waals surface area contributed by atoms with Crippen LogP contribution in [0.2, 0.25) is 0 Å². The number of fused-ring (bicyclic) bond motifs is 1. The summed E-state index contributed by atoms with van der Waals surface area (Å²) in [6, 6.07) is 2.84. The molecule has 0 bridgehead atoms. The molecule has 1 fully saturated rings. The third-order valence-corrected chi connectivity index (χ3v) is 3.74. The Bertz CT molecular complexity index is 713. The maximum Gasteiger partial charge on any atom is 0.280 e. The van der Waals surface area contributed by atoms with Gasteiger partial charge in [-0.3, -0.25) is 4.79 Å². The number of rotatable bonds is 7. The van der Waals surface area contributed by atoms with Crippen LogP contribution in [0, 0.1) is 0 Å². The summed E-state index contributed by atoms with van der Waals surface area (Å²) in [7, 11) is 1.58. The second-order valence-electron chi connectivity index (χ2n) is 5.58. The Morgan fingerprint density at radius 1 is 1.48 bits per heavy atom. The molecule has 1 amide bonds. The highest BCUT2D eigenvalue weighted by Crippen LogP contribution is 2.40. The van der Waals surface area contributed by atoms with E-state index in [-0.39, 0.29) is 23.0 Å². The van der Waals surface area contributed by atoms with Gasteiger partial charge in [-0.2, -0.15) is 5.10 Å². The van der Waals surface area contributed by atoms with Gasteiger partial charge in [0.2, 0.25) is 0 Å². The van der Waals surface area contributed by atoms with E-state index < -0.39 is 12.3 Å². The topological polar surface area (TPSA) is 68.5 Å². The van der Waals surface area contributed by atoms with Crippen LogP contribution >= 0.6 is 0 Å². The summed E-state index contributed by atoms with van der Waals surface area (Å²) in [5.41, 5.74) is 0.798. The van der Waals surface area contributed by atoms with Crippen molar-refractivity contribution < 1.29 is 18.3 Å².